The highest BCUT2D eigenvalue weighted by atomic mass is 16.2. The first-order valence-electron chi connectivity index (χ1n) is 12.2. The van der Waals surface area contributed by atoms with Crippen molar-refractivity contribution in [2.75, 3.05) is 13.1 Å². The zero-order valence-electron chi connectivity index (χ0n) is 19.2. The van der Waals surface area contributed by atoms with Gasteiger partial charge in [-0.2, -0.15) is 5.10 Å². The van der Waals surface area contributed by atoms with Gasteiger partial charge in [-0.25, -0.2) is 9.78 Å². The minimum absolute atomic E-state index is 0.0560. The van der Waals surface area contributed by atoms with E-state index in [0.29, 0.717) is 25.0 Å². The normalized spacial score (nSPS) is 20.5. The quantitative estimate of drug-likeness (QED) is 0.765. The Labute approximate surface area is 189 Å². The zero-order chi connectivity index (χ0) is 22.2. The van der Waals surface area contributed by atoms with Crippen molar-refractivity contribution in [3.05, 3.63) is 23.0 Å². The van der Waals surface area contributed by atoms with Gasteiger partial charge >= 0.3 is 6.03 Å². The molecule has 8 heteroatoms. The summed E-state index contributed by atoms with van der Waals surface area (Å²) in [5, 5.41) is 11.6. The van der Waals surface area contributed by atoms with Crippen LogP contribution < -0.4 is 10.6 Å². The molecule has 8 nitrogen and oxygen atoms in total. The molecule has 0 unspecified atom stereocenters. The number of amides is 3. The van der Waals surface area contributed by atoms with Crippen molar-refractivity contribution in [1.29, 1.82) is 0 Å². The molecule has 0 bridgehead atoms. The maximum Gasteiger partial charge on any atom is 0.315 e. The average molecular weight is 439 g/mol. The van der Waals surface area contributed by atoms with E-state index >= 15 is 0 Å². The van der Waals surface area contributed by atoms with Crippen molar-refractivity contribution in [3.8, 4) is 0 Å². The fourth-order valence-corrected chi connectivity index (χ4v) is 5.28. The summed E-state index contributed by atoms with van der Waals surface area (Å²) in [4.78, 5) is 32.7. The standard InChI is InChI=1S/C24H34N6O2/c1-15-21-19(14-20(16-8-9-16)27-22(21)29(2)28-15)23(31)30-12-10-18(11-13-30)26-24(32)25-17-6-4-3-5-7-17/h14,16-18H,3-13H2,1-2H3,(H2,25,26,32). The predicted octanol–water partition coefficient (Wildman–Crippen LogP) is 3.39. The molecule has 172 valence electrons. The van der Waals surface area contributed by atoms with Gasteiger partial charge in [0.25, 0.3) is 5.91 Å². The van der Waals surface area contributed by atoms with Gasteiger partial charge in [0, 0.05) is 43.8 Å². The number of piperidine rings is 1. The summed E-state index contributed by atoms with van der Waals surface area (Å²) in [6.45, 7) is 3.24. The van der Waals surface area contributed by atoms with Gasteiger partial charge in [-0.05, 0) is 51.5 Å². The monoisotopic (exact) mass is 438 g/mol. The topological polar surface area (TPSA) is 92.2 Å². The lowest BCUT2D eigenvalue weighted by Crippen LogP contribution is -2.51. The van der Waals surface area contributed by atoms with Crippen LogP contribution in [0.5, 0.6) is 0 Å². The van der Waals surface area contributed by atoms with Gasteiger partial charge in [0.2, 0.25) is 0 Å². The Kier molecular flexibility index (Phi) is 5.78. The first-order chi connectivity index (χ1) is 15.5. The van der Waals surface area contributed by atoms with Gasteiger partial charge in [-0.1, -0.05) is 19.3 Å². The van der Waals surface area contributed by atoms with Crippen LogP contribution in [-0.2, 0) is 7.05 Å². The highest BCUT2D eigenvalue weighted by molar-refractivity contribution is 6.06. The first-order valence-corrected chi connectivity index (χ1v) is 12.2. The minimum Gasteiger partial charge on any atom is -0.338 e. The number of rotatable bonds is 4. The predicted molar refractivity (Wildman–Crippen MR) is 123 cm³/mol. The van der Waals surface area contributed by atoms with Crippen LogP contribution in [0.15, 0.2) is 6.07 Å². The molecule has 0 aromatic carbocycles. The van der Waals surface area contributed by atoms with Crippen LogP contribution in [0.2, 0.25) is 0 Å². The number of aromatic nitrogens is 3. The summed E-state index contributed by atoms with van der Waals surface area (Å²) in [5.41, 5.74) is 3.38. The number of carbonyl (C=O) groups excluding carboxylic acids is 2. The van der Waals surface area contributed by atoms with E-state index in [1.807, 2.05) is 24.9 Å². The molecule has 2 N–H and O–H groups in total. The van der Waals surface area contributed by atoms with E-state index in [1.165, 1.54) is 19.3 Å². The van der Waals surface area contributed by atoms with Crippen molar-refractivity contribution >= 4 is 23.0 Å². The lowest BCUT2D eigenvalue weighted by molar-refractivity contribution is 0.0710. The molecule has 0 spiro atoms. The third kappa shape index (κ3) is 4.32. The maximum atomic E-state index is 13.5. The van der Waals surface area contributed by atoms with Crippen molar-refractivity contribution in [3.63, 3.8) is 0 Å². The molecule has 3 fully saturated rings. The Morgan fingerprint density at radius 1 is 0.969 bits per heavy atom. The first kappa shape index (κ1) is 21.2. The number of aryl methyl sites for hydroxylation is 2. The highest BCUT2D eigenvalue weighted by Crippen LogP contribution is 2.40. The van der Waals surface area contributed by atoms with E-state index in [-0.39, 0.29) is 18.0 Å². The van der Waals surface area contributed by atoms with E-state index in [9.17, 15) is 9.59 Å². The lowest BCUT2D eigenvalue weighted by atomic mass is 9.96. The number of urea groups is 1. The second kappa shape index (κ2) is 8.71. The van der Waals surface area contributed by atoms with Gasteiger partial charge < -0.3 is 15.5 Å². The smallest absolute Gasteiger partial charge is 0.315 e. The maximum absolute atomic E-state index is 13.5. The summed E-state index contributed by atoms with van der Waals surface area (Å²) >= 11 is 0. The number of nitrogens with zero attached hydrogens (tertiary/aromatic N) is 4. The van der Waals surface area contributed by atoms with Gasteiger partial charge in [-0.3, -0.25) is 9.48 Å². The Balaban J connectivity index is 1.24. The van der Waals surface area contributed by atoms with Gasteiger partial charge in [-0.15, -0.1) is 0 Å². The van der Waals surface area contributed by atoms with Crippen molar-refractivity contribution in [1.82, 2.24) is 30.3 Å². The van der Waals surface area contributed by atoms with Crippen LogP contribution >= 0.6 is 0 Å². The Hall–Kier alpha value is -2.64. The van der Waals surface area contributed by atoms with Crippen LogP contribution in [-0.4, -0.2) is 56.8 Å². The summed E-state index contributed by atoms with van der Waals surface area (Å²) in [5.74, 6) is 0.527. The molecule has 32 heavy (non-hydrogen) atoms. The number of pyridine rings is 1. The Morgan fingerprint density at radius 3 is 2.28 bits per heavy atom. The largest absolute Gasteiger partial charge is 0.338 e. The number of hydrogen-bond donors (Lipinski definition) is 2. The average Bonchev–Trinajstić information content (AvgIpc) is 3.60. The summed E-state index contributed by atoms with van der Waals surface area (Å²) in [6.07, 6.45) is 9.68. The van der Waals surface area contributed by atoms with Gasteiger partial charge in [0.1, 0.15) is 0 Å². The summed E-state index contributed by atoms with van der Waals surface area (Å²) < 4.78 is 1.79. The fraction of sp³-hybridized carbons (Fsp3) is 0.667. The number of hydrogen-bond acceptors (Lipinski definition) is 4. The molecule has 2 saturated carbocycles. The van der Waals surface area contributed by atoms with Gasteiger partial charge in [0.05, 0.1) is 16.6 Å². The molecule has 2 aromatic rings. The summed E-state index contributed by atoms with van der Waals surface area (Å²) in [6, 6.07) is 2.36. The SMILES string of the molecule is Cc1nn(C)c2nc(C3CC3)cc(C(=O)N3CCC(NC(=O)NC4CCCCC4)CC3)c12. The molecule has 2 aromatic heterocycles. The highest BCUT2D eigenvalue weighted by Gasteiger charge is 2.31. The second-order valence-electron chi connectivity index (χ2n) is 9.80. The lowest BCUT2D eigenvalue weighted by Gasteiger charge is -2.33. The second-order valence-corrected chi connectivity index (χ2v) is 9.80. The molecule has 5 rings (SSSR count). The van der Waals surface area contributed by atoms with E-state index in [0.717, 1.165) is 66.5 Å². The molecule has 3 aliphatic rings. The van der Waals surface area contributed by atoms with E-state index in [1.54, 1.807) is 4.68 Å². The Morgan fingerprint density at radius 2 is 1.62 bits per heavy atom. The van der Waals surface area contributed by atoms with E-state index in [4.69, 9.17) is 4.98 Å². The van der Waals surface area contributed by atoms with Crippen LogP contribution in [0.25, 0.3) is 11.0 Å². The molecule has 3 heterocycles. The number of nitrogens with one attached hydrogen (secondary N) is 2. The fourth-order valence-electron chi connectivity index (χ4n) is 5.28. The number of carbonyl (C=O) groups is 2. The Bertz CT molecular complexity index is 1010. The molecular formula is C24H34N6O2. The van der Waals surface area contributed by atoms with Crippen molar-refractivity contribution < 1.29 is 9.59 Å². The number of fused-ring (bicyclic) bond motifs is 1. The summed E-state index contributed by atoms with van der Waals surface area (Å²) in [7, 11) is 1.89. The van der Waals surface area contributed by atoms with E-state index < -0.39 is 0 Å². The van der Waals surface area contributed by atoms with Crippen molar-refractivity contribution in [2.45, 2.75) is 82.7 Å². The van der Waals surface area contributed by atoms with Crippen LogP contribution in [0, 0.1) is 6.92 Å². The van der Waals surface area contributed by atoms with Crippen molar-refractivity contribution in [2.24, 2.45) is 7.05 Å². The third-order valence-electron chi connectivity index (χ3n) is 7.27. The van der Waals surface area contributed by atoms with Crippen LogP contribution in [0.3, 0.4) is 0 Å². The van der Waals surface area contributed by atoms with Crippen LogP contribution in [0.4, 0.5) is 4.79 Å². The molecule has 3 amide bonds. The van der Waals surface area contributed by atoms with Gasteiger partial charge in [0.15, 0.2) is 5.65 Å². The molecule has 1 saturated heterocycles. The molecule has 0 radical (unpaired) electrons. The minimum atomic E-state index is -0.0578. The molecule has 0 atom stereocenters. The molecular weight excluding hydrogens is 404 g/mol. The molecule has 1 aliphatic heterocycles. The zero-order valence-corrected chi connectivity index (χ0v) is 19.2. The molecule has 2 aliphatic carbocycles. The van der Waals surface area contributed by atoms with Crippen LogP contribution in [0.1, 0.15) is 85.5 Å². The third-order valence-corrected chi connectivity index (χ3v) is 7.27. The number of likely N-dealkylation sites (tertiary alicyclic amines) is 1. The van der Waals surface area contributed by atoms with E-state index in [2.05, 4.69) is 15.7 Å².